The third kappa shape index (κ3) is 3.00. The van der Waals surface area contributed by atoms with Crippen LogP contribution in [0.3, 0.4) is 0 Å². The summed E-state index contributed by atoms with van der Waals surface area (Å²) in [5.74, 6) is 8.14. The van der Waals surface area contributed by atoms with E-state index >= 15 is 0 Å². The summed E-state index contributed by atoms with van der Waals surface area (Å²) in [6, 6.07) is 5.72. The Morgan fingerprint density at radius 1 is 1.20 bits per heavy atom. The number of hydrogen-bond acceptors (Lipinski definition) is 6. The predicted molar refractivity (Wildman–Crippen MR) is 83.3 cm³/mol. The van der Waals surface area contributed by atoms with Crippen molar-refractivity contribution in [2.24, 2.45) is 5.84 Å². The smallest absolute Gasteiger partial charge is 0.148 e. The van der Waals surface area contributed by atoms with Gasteiger partial charge in [0.15, 0.2) is 0 Å². The highest BCUT2D eigenvalue weighted by Crippen LogP contribution is 2.30. The van der Waals surface area contributed by atoms with Crippen molar-refractivity contribution in [3.63, 3.8) is 0 Å². The Morgan fingerprint density at radius 3 is 2.55 bits per heavy atom. The van der Waals surface area contributed by atoms with Crippen molar-refractivity contribution in [1.82, 2.24) is 9.97 Å². The van der Waals surface area contributed by atoms with Gasteiger partial charge in [-0.2, -0.15) is 0 Å². The molecule has 0 unspecified atom stereocenters. The van der Waals surface area contributed by atoms with Crippen LogP contribution in [0.2, 0.25) is 0 Å². The summed E-state index contributed by atoms with van der Waals surface area (Å²) in [5, 5.41) is 3.24. The minimum atomic E-state index is 0.601. The maximum Gasteiger partial charge on any atom is 0.148 e. The van der Waals surface area contributed by atoms with Gasteiger partial charge in [-0.1, -0.05) is 0 Å². The Kier molecular flexibility index (Phi) is 4.41. The minimum Gasteiger partial charge on any atom is -0.495 e. The van der Waals surface area contributed by atoms with E-state index in [1.54, 1.807) is 7.11 Å². The van der Waals surface area contributed by atoms with E-state index in [2.05, 4.69) is 36.6 Å². The molecule has 0 atom stereocenters. The fourth-order valence-corrected chi connectivity index (χ4v) is 2.17. The topological polar surface area (TPSA) is 85.1 Å². The van der Waals surface area contributed by atoms with E-state index < -0.39 is 0 Å². The molecule has 2 aromatic rings. The number of nitrogens with one attached hydrogen (secondary N) is 2. The van der Waals surface area contributed by atoms with Crippen molar-refractivity contribution in [3.05, 3.63) is 34.1 Å². The average molecular weight is 338 g/mol. The van der Waals surface area contributed by atoms with Crippen LogP contribution in [0, 0.1) is 13.8 Å². The first-order valence-corrected chi connectivity index (χ1v) is 6.77. The number of halogens is 1. The van der Waals surface area contributed by atoms with Gasteiger partial charge in [-0.3, -0.25) is 0 Å². The Bertz CT molecular complexity index is 632. The van der Waals surface area contributed by atoms with Crippen molar-refractivity contribution >= 4 is 33.3 Å². The van der Waals surface area contributed by atoms with E-state index in [4.69, 9.17) is 10.6 Å². The summed E-state index contributed by atoms with van der Waals surface area (Å²) in [4.78, 5) is 8.61. The van der Waals surface area contributed by atoms with Crippen LogP contribution in [0.15, 0.2) is 22.7 Å². The zero-order chi connectivity index (χ0) is 14.7. The molecular weight excluding hydrogens is 322 g/mol. The molecule has 0 aliphatic carbocycles. The molecule has 0 saturated heterocycles. The van der Waals surface area contributed by atoms with E-state index in [9.17, 15) is 0 Å². The van der Waals surface area contributed by atoms with Crippen LogP contribution in [0.25, 0.3) is 0 Å². The molecule has 0 fully saturated rings. The highest BCUT2D eigenvalue weighted by atomic mass is 79.9. The van der Waals surface area contributed by atoms with E-state index in [1.807, 2.05) is 32.0 Å². The normalized spacial score (nSPS) is 10.2. The number of anilines is 3. The summed E-state index contributed by atoms with van der Waals surface area (Å²) in [6.07, 6.45) is 0. The number of aromatic nitrogens is 2. The van der Waals surface area contributed by atoms with Crippen LogP contribution < -0.4 is 21.3 Å². The monoisotopic (exact) mass is 337 g/mol. The lowest BCUT2D eigenvalue weighted by Crippen LogP contribution is -2.13. The third-order valence-corrected chi connectivity index (χ3v) is 3.46. The molecule has 106 valence electrons. The average Bonchev–Trinajstić information content (AvgIpc) is 2.44. The largest absolute Gasteiger partial charge is 0.495 e. The molecule has 1 aromatic carbocycles. The molecule has 2 rings (SSSR count). The molecule has 0 bridgehead atoms. The first kappa shape index (κ1) is 14.5. The fourth-order valence-electron chi connectivity index (χ4n) is 1.76. The lowest BCUT2D eigenvalue weighted by atomic mass is 10.2. The summed E-state index contributed by atoms with van der Waals surface area (Å²) in [5.41, 5.74) is 4.29. The Balaban J connectivity index is 2.37. The summed E-state index contributed by atoms with van der Waals surface area (Å²) >= 11 is 3.42. The van der Waals surface area contributed by atoms with Crippen LogP contribution in [0.4, 0.5) is 17.3 Å². The summed E-state index contributed by atoms with van der Waals surface area (Å²) in [6.45, 7) is 3.71. The Morgan fingerprint density at radius 2 is 1.90 bits per heavy atom. The molecular formula is C13H16BrN5O. The van der Waals surface area contributed by atoms with Gasteiger partial charge < -0.3 is 15.5 Å². The molecule has 0 aliphatic rings. The highest BCUT2D eigenvalue weighted by molar-refractivity contribution is 9.10. The third-order valence-electron chi connectivity index (χ3n) is 2.81. The minimum absolute atomic E-state index is 0.601. The highest BCUT2D eigenvalue weighted by Gasteiger charge is 2.09. The summed E-state index contributed by atoms with van der Waals surface area (Å²) < 4.78 is 6.16. The van der Waals surface area contributed by atoms with Gasteiger partial charge in [0, 0.05) is 17.3 Å². The molecule has 20 heavy (non-hydrogen) atoms. The second-order valence-electron chi connectivity index (χ2n) is 4.21. The molecule has 0 saturated carbocycles. The number of aryl methyl sites for hydroxylation is 1. The standard InChI is InChI=1S/C13H16BrN5O/c1-7-12(16-8(2)17-13(7)19-15)18-9-4-5-10(14)11(6-9)20-3/h4-6H,15H2,1-3H3,(H2,16,17,18,19). The first-order valence-electron chi connectivity index (χ1n) is 5.97. The first-order chi connectivity index (χ1) is 9.55. The van der Waals surface area contributed by atoms with Crippen LogP contribution in [-0.4, -0.2) is 17.1 Å². The zero-order valence-corrected chi connectivity index (χ0v) is 13.1. The molecule has 4 N–H and O–H groups in total. The molecule has 0 aliphatic heterocycles. The van der Waals surface area contributed by atoms with Gasteiger partial charge in [0.2, 0.25) is 0 Å². The van der Waals surface area contributed by atoms with Gasteiger partial charge in [-0.25, -0.2) is 15.8 Å². The van der Waals surface area contributed by atoms with E-state index in [0.717, 1.165) is 21.5 Å². The Hall–Kier alpha value is -1.86. The van der Waals surface area contributed by atoms with E-state index in [-0.39, 0.29) is 0 Å². The number of hydrogen-bond donors (Lipinski definition) is 3. The summed E-state index contributed by atoms with van der Waals surface area (Å²) in [7, 11) is 1.63. The number of hydrazine groups is 1. The zero-order valence-electron chi connectivity index (χ0n) is 11.5. The molecule has 0 radical (unpaired) electrons. The maximum atomic E-state index is 5.45. The quantitative estimate of drug-likeness (QED) is 0.587. The van der Waals surface area contributed by atoms with Crippen molar-refractivity contribution in [2.45, 2.75) is 13.8 Å². The van der Waals surface area contributed by atoms with E-state index in [0.29, 0.717) is 17.5 Å². The van der Waals surface area contributed by atoms with Gasteiger partial charge in [0.25, 0.3) is 0 Å². The van der Waals surface area contributed by atoms with Crippen molar-refractivity contribution in [3.8, 4) is 5.75 Å². The van der Waals surface area contributed by atoms with Gasteiger partial charge in [0.05, 0.1) is 11.6 Å². The van der Waals surface area contributed by atoms with Crippen LogP contribution >= 0.6 is 15.9 Å². The lowest BCUT2D eigenvalue weighted by molar-refractivity contribution is 0.412. The number of nitrogens with two attached hydrogens (primary N) is 1. The molecule has 1 aromatic heterocycles. The predicted octanol–water partition coefficient (Wildman–Crippen LogP) is 2.89. The number of benzene rings is 1. The second kappa shape index (κ2) is 6.06. The molecule has 7 heteroatoms. The van der Waals surface area contributed by atoms with E-state index in [1.165, 1.54) is 0 Å². The van der Waals surface area contributed by atoms with Gasteiger partial charge >= 0.3 is 0 Å². The van der Waals surface area contributed by atoms with Crippen molar-refractivity contribution < 1.29 is 4.74 Å². The maximum absolute atomic E-state index is 5.45. The number of ether oxygens (including phenoxy) is 1. The number of nitrogens with zero attached hydrogens (tertiary/aromatic N) is 2. The molecule has 0 amide bonds. The van der Waals surface area contributed by atoms with Gasteiger partial charge in [-0.15, -0.1) is 0 Å². The molecule has 6 nitrogen and oxygen atoms in total. The Labute approximate surface area is 125 Å². The van der Waals surface area contributed by atoms with Crippen molar-refractivity contribution in [2.75, 3.05) is 17.9 Å². The van der Waals surface area contributed by atoms with Crippen molar-refractivity contribution in [1.29, 1.82) is 0 Å². The van der Waals surface area contributed by atoms with Crippen LogP contribution in [0.1, 0.15) is 11.4 Å². The second-order valence-corrected chi connectivity index (χ2v) is 5.07. The number of rotatable bonds is 4. The van der Waals surface area contributed by atoms with Crippen LogP contribution in [0.5, 0.6) is 5.75 Å². The lowest BCUT2D eigenvalue weighted by Gasteiger charge is -2.13. The van der Waals surface area contributed by atoms with Gasteiger partial charge in [-0.05, 0) is 41.9 Å². The molecule has 1 heterocycles. The molecule has 0 spiro atoms. The van der Waals surface area contributed by atoms with Crippen LogP contribution in [-0.2, 0) is 0 Å². The number of nitrogen functional groups attached to an aromatic ring is 1. The van der Waals surface area contributed by atoms with Gasteiger partial charge in [0.1, 0.15) is 23.2 Å². The fraction of sp³-hybridized carbons (Fsp3) is 0.231. The number of methoxy groups -OCH3 is 1. The SMILES string of the molecule is COc1cc(Nc2nc(C)nc(NN)c2C)ccc1Br.